The molecule has 0 aliphatic heterocycles. The molecule has 3 aromatic carbocycles. The van der Waals surface area contributed by atoms with E-state index >= 15 is 8.78 Å². The second-order valence-corrected chi connectivity index (χ2v) is 17.2. The van der Waals surface area contributed by atoms with Gasteiger partial charge in [-0.05, 0) is 53.6 Å². The number of rotatable bonds is 13. The molecule has 0 spiro atoms. The number of aromatic amines is 1. The van der Waals surface area contributed by atoms with E-state index in [1.807, 2.05) is 34.6 Å². The van der Waals surface area contributed by atoms with Crippen LogP contribution >= 0.6 is 11.6 Å². The van der Waals surface area contributed by atoms with Crippen molar-refractivity contribution in [2.45, 2.75) is 58.5 Å². The predicted molar refractivity (Wildman–Crippen MR) is 239 cm³/mol. The van der Waals surface area contributed by atoms with E-state index in [-0.39, 0.29) is 54.1 Å². The lowest BCUT2D eigenvalue weighted by atomic mass is 9.92. The first kappa shape index (κ1) is 43.8. The Labute approximate surface area is 374 Å². The number of imidazole rings is 1. The molecule has 0 saturated carbocycles. The van der Waals surface area contributed by atoms with Crippen molar-refractivity contribution in [3.8, 4) is 33.6 Å². The van der Waals surface area contributed by atoms with Gasteiger partial charge in [0.1, 0.15) is 23.3 Å². The van der Waals surface area contributed by atoms with Crippen LogP contribution in [0, 0.1) is 11.6 Å². The molecule has 0 bridgehead atoms. The molecule has 0 radical (unpaired) electrons. The van der Waals surface area contributed by atoms with Gasteiger partial charge in [-0.15, -0.1) is 0 Å². The lowest BCUT2D eigenvalue weighted by Gasteiger charge is -2.22. The Balaban J connectivity index is 0.873. The lowest BCUT2D eigenvalue weighted by Crippen LogP contribution is -2.30. The highest BCUT2D eigenvalue weighted by molar-refractivity contribution is 6.31. The number of nitrogens with zero attached hydrogens (tertiary/aromatic N) is 7. The van der Waals surface area contributed by atoms with Gasteiger partial charge in [0.15, 0.2) is 17.3 Å². The molecular weight excluding hydrogens is 860 g/mol. The molecule has 0 aliphatic carbocycles. The van der Waals surface area contributed by atoms with E-state index in [2.05, 4.69) is 56.2 Å². The van der Waals surface area contributed by atoms with E-state index in [9.17, 15) is 9.59 Å². The third-order valence-corrected chi connectivity index (χ3v) is 10.7. The summed E-state index contributed by atoms with van der Waals surface area (Å²) in [7, 11) is 0. The van der Waals surface area contributed by atoms with E-state index in [1.165, 1.54) is 18.3 Å². The Hall–Kier alpha value is -7.80. The zero-order valence-corrected chi connectivity index (χ0v) is 36.4. The van der Waals surface area contributed by atoms with Crippen LogP contribution in [0.4, 0.5) is 26.0 Å². The van der Waals surface area contributed by atoms with Crippen molar-refractivity contribution in [3.63, 3.8) is 0 Å². The minimum atomic E-state index is -0.808. The van der Waals surface area contributed by atoms with Crippen molar-refractivity contribution in [2.75, 3.05) is 23.3 Å². The van der Waals surface area contributed by atoms with Gasteiger partial charge in [-0.1, -0.05) is 80.8 Å². The molecule has 20 heteroatoms. The number of carbonyl (C=O) groups is 2. The van der Waals surface area contributed by atoms with Crippen LogP contribution in [0.1, 0.15) is 78.8 Å². The van der Waals surface area contributed by atoms with Crippen molar-refractivity contribution in [2.24, 2.45) is 0 Å². The van der Waals surface area contributed by atoms with Gasteiger partial charge in [0.25, 0.3) is 0 Å². The SMILES string of the molecule is CC(C)(C)c1noc(C(=O)NCc2ccc(-c3ccnc(NCC(C)(C)c4noc(C(=O)NCc5ccc(-c6ccnc7nc(-c8ccc(Cl)cc8N)[nH]c67)cc5F)n4)c3N)cc2F)n1. The van der Waals surface area contributed by atoms with Crippen molar-refractivity contribution in [1.29, 1.82) is 0 Å². The maximum absolute atomic E-state index is 15.5. The smallest absolute Gasteiger partial charge is 0.315 e. The monoisotopic (exact) mass is 901 g/mol. The molecule has 5 heterocycles. The van der Waals surface area contributed by atoms with E-state index in [4.69, 9.17) is 32.1 Å². The molecule has 17 nitrogen and oxygen atoms in total. The van der Waals surface area contributed by atoms with E-state index < -0.39 is 34.3 Å². The van der Waals surface area contributed by atoms with Gasteiger partial charge in [-0.25, -0.2) is 23.7 Å². The van der Waals surface area contributed by atoms with Crippen molar-refractivity contribution >= 4 is 51.8 Å². The van der Waals surface area contributed by atoms with E-state index in [1.54, 1.807) is 60.8 Å². The fourth-order valence-electron chi connectivity index (χ4n) is 6.71. The molecule has 65 heavy (non-hydrogen) atoms. The number of hydrogen-bond donors (Lipinski definition) is 6. The van der Waals surface area contributed by atoms with Crippen LogP contribution < -0.4 is 27.4 Å². The second kappa shape index (κ2) is 17.4. The number of halogens is 3. The summed E-state index contributed by atoms with van der Waals surface area (Å²) in [6.45, 7) is 9.24. The number of amides is 2. The summed E-state index contributed by atoms with van der Waals surface area (Å²) in [5.41, 5.74) is 16.5. The number of hydrogen-bond acceptors (Lipinski definition) is 14. The Morgan fingerprint density at radius 1 is 0.723 bits per heavy atom. The summed E-state index contributed by atoms with van der Waals surface area (Å²) in [6.07, 6.45) is 3.11. The van der Waals surface area contributed by atoms with E-state index in [0.717, 1.165) is 0 Å². The summed E-state index contributed by atoms with van der Waals surface area (Å²) in [5, 5.41) is 16.8. The summed E-state index contributed by atoms with van der Waals surface area (Å²) in [6, 6.07) is 17.7. The molecule has 332 valence electrons. The van der Waals surface area contributed by atoms with Crippen molar-refractivity contribution in [3.05, 3.63) is 130 Å². The van der Waals surface area contributed by atoms with Crippen LogP contribution in [-0.2, 0) is 23.9 Å². The number of anilines is 3. The average Bonchev–Trinajstić information content (AvgIpc) is 4.06. The first-order chi connectivity index (χ1) is 30.9. The van der Waals surface area contributed by atoms with Gasteiger partial charge in [0, 0.05) is 81.4 Å². The first-order valence-electron chi connectivity index (χ1n) is 20.2. The Morgan fingerprint density at radius 3 is 1.91 bits per heavy atom. The normalized spacial score (nSPS) is 11.8. The summed E-state index contributed by atoms with van der Waals surface area (Å²) in [4.78, 5) is 50.7. The van der Waals surface area contributed by atoms with Crippen molar-refractivity contribution < 1.29 is 27.4 Å². The fourth-order valence-corrected chi connectivity index (χ4v) is 6.89. The zero-order chi connectivity index (χ0) is 46.2. The average molecular weight is 902 g/mol. The molecule has 8 N–H and O–H groups in total. The minimum Gasteiger partial charge on any atom is -0.398 e. The maximum atomic E-state index is 15.5. The highest BCUT2D eigenvalue weighted by atomic mass is 35.5. The molecule has 0 fully saturated rings. The quantitative estimate of drug-likeness (QED) is 0.0605. The second-order valence-electron chi connectivity index (χ2n) is 16.8. The van der Waals surface area contributed by atoms with Crippen LogP contribution in [0.15, 0.2) is 88.2 Å². The highest BCUT2D eigenvalue weighted by Crippen LogP contribution is 2.34. The molecule has 8 aromatic rings. The summed E-state index contributed by atoms with van der Waals surface area (Å²) in [5.74, 6) is -1.56. The number of nitrogens with one attached hydrogen (secondary N) is 4. The first-order valence-corrected chi connectivity index (χ1v) is 20.5. The molecule has 0 saturated heterocycles. The molecule has 0 aliphatic rings. The third-order valence-electron chi connectivity index (χ3n) is 10.5. The molecule has 0 atom stereocenters. The number of nitrogens with two attached hydrogens (primary N) is 2. The molecule has 8 rings (SSSR count). The van der Waals surface area contributed by atoms with Gasteiger partial charge in [-0.3, -0.25) is 9.59 Å². The Bertz CT molecular complexity index is 3100. The number of nitrogen functional groups attached to an aromatic ring is 2. The van der Waals surface area contributed by atoms with Gasteiger partial charge < -0.3 is 41.4 Å². The number of pyridine rings is 2. The third kappa shape index (κ3) is 9.31. The van der Waals surface area contributed by atoms with E-state index in [0.29, 0.717) is 67.2 Å². The lowest BCUT2D eigenvalue weighted by molar-refractivity contribution is 0.0899. The molecule has 0 unspecified atom stereocenters. The van der Waals surface area contributed by atoms with Crippen LogP contribution in [0.2, 0.25) is 5.02 Å². The summed E-state index contributed by atoms with van der Waals surface area (Å²) >= 11 is 6.07. The van der Waals surface area contributed by atoms with Gasteiger partial charge in [0.2, 0.25) is 0 Å². The number of fused-ring (bicyclic) bond motifs is 1. The van der Waals surface area contributed by atoms with Gasteiger partial charge in [0.05, 0.1) is 11.2 Å². The number of benzene rings is 3. The molecule has 5 aromatic heterocycles. The Morgan fingerprint density at radius 2 is 1.31 bits per heavy atom. The summed E-state index contributed by atoms with van der Waals surface area (Å²) < 4.78 is 41.2. The minimum absolute atomic E-state index is 0.118. The number of H-pyrrole nitrogens is 1. The van der Waals surface area contributed by atoms with Crippen molar-refractivity contribution in [1.82, 2.24) is 50.9 Å². The van der Waals surface area contributed by atoms with Crippen LogP contribution in [0.5, 0.6) is 0 Å². The van der Waals surface area contributed by atoms with Gasteiger partial charge in [-0.2, -0.15) is 9.97 Å². The largest absolute Gasteiger partial charge is 0.398 e. The standard InChI is InChI=1S/C45H42ClF2N13O4/c1-44(2,3)42-58-40(64-60-42)38(62)53-19-24-8-6-22(16-30(24)47)27-12-14-51-36(33(27)50)55-21-45(4,5)43-59-41(65-61-43)39(63)54-20-25-9-7-23(17-31(25)48)28-13-15-52-37-34(28)56-35(57-37)29-11-10-26(46)18-32(29)49/h6-18H,19-21,49-50H2,1-5H3,(H,51,55)(H,53,62)(H,54,63)(H,52,56,57). The molecular formula is C45H42ClF2N13O4. The van der Waals surface area contributed by atoms with Crippen LogP contribution in [0.25, 0.3) is 44.8 Å². The van der Waals surface area contributed by atoms with Crippen LogP contribution in [-0.4, -0.2) is 58.6 Å². The van der Waals surface area contributed by atoms with Gasteiger partial charge >= 0.3 is 23.6 Å². The maximum Gasteiger partial charge on any atom is 0.315 e. The topological polar surface area (TPSA) is 255 Å². The van der Waals surface area contributed by atoms with Crippen LogP contribution in [0.3, 0.4) is 0 Å². The zero-order valence-electron chi connectivity index (χ0n) is 35.7. The predicted octanol–water partition coefficient (Wildman–Crippen LogP) is 7.76. The fraction of sp³-hybridized carbons (Fsp3) is 0.222. The number of aromatic nitrogens is 8. The Kier molecular flexibility index (Phi) is 11.7. The highest BCUT2D eigenvalue weighted by Gasteiger charge is 2.30. The number of carbonyl (C=O) groups excluding carboxylic acids is 2. The molecule has 2 amide bonds.